The minimum atomic E-state index is 0.208. The zero-order valence-corrected chi connectivity index (χ0v) is 8.97. The highest BCUT2D eigenvalue weighted by molar-refractivity contribution is 5.14. The quantitative estimate of drug-likeness (QED) is 0.585. The molecule has 0 aromatic carbocycles. The van der Waals surface area contributed by atoms with Crippen molar-refractivity contribution in [2.24, 2.45) is 5.84 Å². The Hall–Kier alpha value is -1.65. The molecule has 1 unspecified atom stereocenters. The minimum absolute atomic E-state index is 0.208. The highest BCUT2D eigenvalue weighted by atomic mass is 16.3. The van der Waals surface area contributed by atoms with Crippen LogP contribution in [0.2, 0.25) is 0 Å². The van der Waals surface area contributed by atoms with Crippen LogP contribution in [0.5, 0.6) is 0 Å². The second-order valence-corrected chi connectivity index (χ2v) is 3.76. The Morgan fingerprint density at radius 1 is 1.19 bits per heavy atom. The summed E-state index contributed by atoms with van der Waals surface area (Å²) in [6.07, 6.45) is 8.74. The zero-order valence-electron chi connectivity index (χ0n) is 8.97. The van der Waals surface area contributed by atoms with Gasteiger partial charge in [-0.2, -0.15) is 0 Å². The maximum Gasteiger partial charge on any atom is 0.0935 e. The van der Waals surface area contributed by atoms with Crippen molar-refractivity contribution in [1.29, 1.82) is 0 Å². The molecule has 2 aromatic rings. The molecule has 3 N–H and O–H groups in total. The van der Waals surface area contributed by atoms with Gasteiger partial charge in [-0.05, 0) is 42.2 Å². The molecule has 0 radical (unpaired) electrons. The van der Waals surface area contributed by atoms with E-state index in [1.807, 2.05) is 18.2 Å². The predicted octanol–water partition coefficient (Wildman–Crippen LogP) is 1.29. The van der Waals surface area contributed by atoms with Gasteiger partial charge in [-0.1, -0.05) is 0 Å². The van der Waals surface area contributed by atoms with E-state index < -0.39 is 0 Å². The maximum atomic E-state index is 5.54. The van der Waals surface area contributed by atoms with Crippen LogP contribution in [0.15, 0.2) is 47.5 Å². The lowest BCUT2D eigenvalue weighted by Crippen LogP contribution is -2.38. The molecule has 2 heterocycles. The Morgan fingerprint density at radius 2 is 1.94 bits per heavy atom. The van der Waals surface area contributed by atoms with Gasteiger partial charge in [-0.15, -0.1) is 0 Å². The number of nitrogens with zero attached hydrogens (tertiary/aromatic N) is 1. The first-order chi connectivity index (χ1) is 7.88. The molecule has 0 aliphatic carbocycles. The van der Waals surface area contributed by atoms with Crippen LogP contribution in [-0.2, 0) is 12.8 Å². The number of pyridine rings is 1. The highest BCUT2D eigenvalue weighted by Gasteiger charge is 2.09. The first-order valence-corrected chi connectivity index (χ1v) is 5.24. The summed E-state index contributed by atoms with van der Waals surface area (Å²) in [4.78, 5) is 3.99. The Balaban J connectivity index is 1.96. The molecule has 1 atom stereocenters. The Kier molecular flexibility index (Phi) is 3.69. The number of aromatic nitrogens is 1. The van der Waals surface area contributed by atoms with E-state index in [9.17, 15) is 0 Å². The van der Waals surface area contributed by atoms with Crippen LogP contribution in [0.3, 0.4) is 0 Å². The molecule has 0 saturated heterocycles. The van der Waals surface area contributed by atoms with Gasteiger partial charge in [0.05, 0.1) is 12.5 Å². The predicted molar refractivity (Wildman–Crippen MR) is 61.5 cm³/mol. The Bertz CT molecular complexity index is 399. The molecule has 0 saturated carbocycles. The van der Waals surface area contributed by atoms with Gasteiger partial charge in [0, 0.05) is 18.4 Å². The summed E-state index contributed by atoms with van der Waals surface area (Å²) in [5, 5.41) is 0. The van der Waals surface area contributed by atoms with E-state index in [-0.39, 0.29) is 6.04 Å². The molecule has 16 heavy (non-hydrogen) atoms. The van der Waals surface area contributed by atoms with Gasteiger partial charge in [0.1, 0.15) is 0 Å². The third kappa shape index (κ3) is 2.92. The maximum absolute atomic E-state index is 5.54. The number of hydrogen-bond acceptors (Lipinski definition) is 4. The topological polar surface area (TPSA) is 64.1 Å². The van der Waals surface area contributed by atoms with Crippen molar-refractivity contribution in [2.45, 2.75) is 18.9 Å². The Labute approximate surface area is 94.5 Å². The molecular formula is C12H15N3O. The van der Waals surface area contributed by atoms with Crippen LogP contribution < -0.4 is 11.3 Å². The fraction of sp³-hybridized carbons (Fsp3) is 0.250. The van der Waals surface area contributed by atoms with Crippen LogP contribution in [0, 0.1) is 0 Å². The van der Waals surface area contributed by atoms with Gasteiger partial charge >= 0.3 is 0 Å². The molecule has 0 aliphatic rings. The van der Waals surface area contributed by atoms with Gasteiger partial charge < -0.3 is 4.42 Å². The van der Waals surface area contributed by atoms with E-state index in [1.54, 1.807) is 24.9 Å². The van der Waals surface area contributed by atoms with Crippen molar-refractivity contribution in [1.82, 2.24) is 10.4 Å². The lowest BCUT2D eigenvalue weighted by atomic mass is 10.0. The van der Waals surface area contributed by atoms with Crippen LogP contribution >= 0.6 is 0 Å². The number of nitrogens with two attached hydrogens (primary N) is 1. The number of furan rings is 1. The number of nitrogens with one attached hydrogen (secondary N) is 1. The van der Waals surface area contributed by atoms with E-state index in [0.717, 1.165) is 18.4 Å². The number of hydrazine groups is 1. The zero-order chi connectivity index (χ0) is 11.2. The summed E-state index contributed by atoms with van der Waals surface area (Å²) in [5.41, 5.74) is 5.20. The van der Waals surface area contributed by atoms with E-state index in [0.29, 0.717) is 0 Å². The molecule has 0 bridgehead atoms. The van der Waals surface area contributed by atoms with Gasteiger partial charge in [-0.25, -0.2) is 0 Å². The standard InChI is InChI=1S/C12H15N3O/c13-15-12(8-11-3-6-16-9-11)7-10-1-4-14-5-2-10/h1-6,9,12,15H,7-8,13H2. The SMILES string of the molecule is NNC(Cc1ccncc1)Cc1ccoc1. The lowest BCUT2D eigenvalue weighted by molar-refractivity contribution is 0.514. The Morgan fingerprint density at radius 3 is 2.56 bits per heavy atom. The van der Waals surface area contributed by atoms with Crippen LogP contribution in [-0.4, -0.2) is 11.0 Å². The molecule has 84 valence electrons. The van der Waals surface area contributed by atoms with E-state index in [1.165, 1.54) is 5.56 Å². The van der Waals surface area contributed by atoms with E-state index in [2.05, 4.69) is 10.4 Å². The average molecular weight is 217 g/mol. The molecule has 0 spiro atoms. The first kappa shape index (κ1) is 10.9. The third-order valence-electron chi connectivity index (χ3n) is 2.53. The first-order valence-electron chi connectivity index (χ1n) is 5.24. The fourth-order valence-electron chi connectivity index (χ4n) is 1.69. The van der Waals surface area contributed by atoms with Crippen molar-refractivity contribution in [3.8, 4) is 0 Å². The van der Waals surface area contributed by atoms with Gasteiger partial charge in [0.15, 0.2) is 0 Å². The molecule has 2 rings (SSSR count). The molecule has 2 aromatic heterocycles. The van der Waals surface area contributed by atoms with Gasteiger partial charge in [0.25, 0.3) is 0 Å². The minimum Gasteiger partial charge on any atom is -0.472 e. The van der Waals surface area contributed by atoms with Gasteiger partial charge in [-0.3, -0.25) is 16.3 Å². The molecule has 0 amide bonds. The number of rotatable bonds is 5. The summed E-state index contributed by atoms with van der Waals surface area (Å²) in [5.74, 6) is 5.54. The van der Waals surface area contributed by atoms with Crippen LogP contribution in [0.4, 0.5) is 0 Å². The van der Waals surface area contributed by atoms with Crippen molar-refractivity contribution >= 4 is 0 Å². The van der Waals surface area contributed by atoms with E-state index in [4.69, 9.17) is 10.3 Å². The summed E-state index contributed by atoms with van der Waals surface area (Å²) >= 11 is 0. The third-order valence-corrected chi connectivity index (χ3v) is 2.53. The fourth-order valence-corrected chi connectivity index (χ4v) is 1.69. The van der Waals surface area contributed by atoms with Crippen molar-refractivity contribution in [3.63, 3.8) is 0 Å². The molecular weight excluding hydrogens is 202 g/mol. The molecule has 4 heteroatoms. The lowest BCUT2D eigenvalue weighted by Gasteiger charge is -2.14. The summed E-state index contributed by atoms with van der Waals surface area (Å²) in [6.45, 7) is 0. The number of hydrogen-bond donors (Lipinski definition) is 2. The van der Waals surface area contributed by atoms with Crippen LogP contribution in [0.1, 0.15) is 11.1 Å². The van der Waals surface area contributed by atoms with Crippen molar-refractivity contribution < 1.29 is 4.42 Å². The molecule has 0 aliphatic heterocycles. The van der Waals surface area contributed by atoms with Crippen LogP contribution in [0.25, 0.3) is 0 Å². The second-order valence-electron chi connectivity index (χ2n) is 3.76. The van der Waals surface area contributed by atoms with Crippen molar-refractivity contribution in [3.05, 3.63) is 54.2 Å². The van der Waals surface area contributed by atoms with Gasteiger partial charge in [0.2, 0.25) is 0 Å². The largest absolute Gasteiger partial charge is 0.472 e. The second kappa shape index (κ2) is 5.44. The van der Waals surface area contributed by atoms with Crippen molar-refractivity contribution in [2.75, 3.05) is 0 Å². The normalized spacial score (nSPS) is 12.6. The summed E-state index contributed by atoms with van der Waals surface area (Å²) < 4.78 is 5.03. The summed E-state index contributed by atoms with van der Waals surface area (Å²) in [6, 6.07) is 6.16. The van der Waals surface area contributed by atoms with E-state index >= 15 is 0 Å². The monoisotopic (exact) mass is 217 g/mol. The summed E-state index contributed by atoms with van der Waals surface area (Å²) in [7, 11) is 0. The highest BCUT2D eigenvalue weighted by Crippen LogP contribution is 2.08. The average Bonchev–Trinajstić information content (AvgIpc) is 2.82. The smallest absolute Gasteiger partial charge is 0.0935 e. The molecule has 4 nitrogen and oxygen atoms in total. The molecule has 0 fully saturated rings.